The lowest BCUT2D eigenvalue weighted by molar-refractivity contribution is -0.158. The van der Waals surface area contributed by atoms with Crippen molar-refractivity contribution < 1.29 is 28.0 Å². The van der Waals surface area contributed by atoms with Crippen molar-refractivity contribution in [3.8, 4) is 0 Å². The van der Waals surface area contributed by atoms with E-state index in [4.69, 9.17) is 10.5 Å². The second-order valence-electron chi connectivity index (χ2n) is 7.76. The van der Waals surface area contributed by atoms with Gasteiger partial charge in [0.1, 0.15) is 24.9 Å². The molecular weight excluding hydrogens is 424 g/mol. The number of methoxy groups -OCH3 is 1. The summed E-state index contributed by atoms with van der Waals surface area (Å²) in [5.41, 5.74) is 6.62. The summed E-state index contributed by atoms with van der Waals surface area (Å²) in [4.78, 5) is 38.5. The highest BCUT2D eigenvalue weighted by Crippen LogP contribution is 2.27. The highest BCUT2D eigenvalue weighted by Gasteiger charge is 2.50. The van der Waals surface area contributed by atoms with Crippen LogP contribution in [0, 0.1) is 0 Å². The number of carbonyl (C=O) groups excluding carboxylic acids is 3. The maximum Gasteiger partial charge on any atom is 0.276 e. The summed E-state index contributed by atoms with van der Waals surface area (Å²) >= 11 is 0. The summed E-state index contributed by atoms with van der Waals surface area (Å²) in [7, 11) is 1.20. The SMILES string of the molecule is CO[C@H]1[C@@H](C(=O)N(F)CC=C(C)C)N(C(=O)Cn2nc(C(N)=O)c3ccccc32)C[C@@H]1F. The van der Waals surface area contributed by atoms with E-state index in [1.165, 1.54) is 17.9 Å². The zero-order valence-corrected chi connectivity index (χ0v) is 18.0. The van der Waals surface area contributed by atoms with Crippen LogP contribution in [-0.4, -0.2) is 76.0 Å². The fourth-order valence-corrected chi connectivity index (χ4v) is 3.73. The number of aromatic nitrogens is 2. The Hall–Kier alpha value is -3.34. The number of likely N-dealkylation sites (tertiary alicyclic amines) is 1. The predicted molar refractivity (Wildman–Crippen MR) is 112 cm³/mol. The second kappa shape index (κ2) is 9.43. The van der Waals surface area contributed by atoms with Crippen molar-refractivity contribution in [2.75, 3.05) is 20.2 Å². The van der Waals surface area contributed by atoms with Crippen molar-refractivity contribution in [2.45, 2.75) is 38.7 Å². The number of fused-ring (bicyclic) bond motifs is 1. The summed E-state index contributed by atoms with van der Waals surface area (Å²) in [5.74, 6) is -2.52. The van der Waals surface area contributed by atoms with Crippen molar-refractivity contribution in [1.29, 1.82) is 0 Å². The molecule has 0 spiro atoms. The smallest absolute Gasteiger partial charge is 0.276 e. The van der Waals surface area contributed by atoms with Crippen LogP contribution >= 0.6 is 0 Å². The molecule has 1 saturated heterocycles. The number of allylic oxidation sites excluding steroid dienone is 1. The maximum atomic E-state index is 14.6. The molecule has 2 aromatic rings. The summed E-state index contributed by atoms with van der Waals surface area (Å²) in [6.45, 7) is 2.31. The van der Waals surface area contributed by atoms with E-state index in [0.29, 0.717) is 10.9 Å². The standard InChI is InChI=1S/C21H25F2N5O4/c1-12(2)8-9-27(23)21(31)18-19(32-3)14(22)10-26(18)16(29)11-28-15-7-5-4-6-13(15)17(25-28)20(24)30/h4-8,14,18-19H,9-11H2,1-3H3,(H2,24,30)/t14-,18-,19+/m0/s1. The Balaban J connectivity index is 1.89. The first-order valence-corrected chi connectivity index (χ1v) is 9.97. The van der Waals surface area contributed by atoms with Crippen molar-refractivity contribution >= 4 is 28.6 Å². The van der Waals surface area contributed by atoms with Crippen molar-refractivity contribution in [3.63, 3.8) is 0 Å². The molecule has 9 nitrogen and oxygen atoms in total. The Labute approximate surface area is 183 Å². The Morgan fingerprint density at radius 2 is 2.00 bits per heavy atom. The molecule has 0 radical (unpaired) electrons. The normalized spacial score (nSPS) is 20.4. The molecule has 1 aromatic heterocycles. The molecule has 3 rings (SSSR count). The molecule has 1 aliphatic heterocycles. The summed E-state index contributed by atoms with van der Waals surface area (Å²) in [6.07, 6.45) is -1.49. The number of ether oxygens (including phenoxy) is 1. The minimum absolute atomic E-state index is 0.0164. The summed E-state index contributed by atoms with van der Waals surface area (Å²) in [6, 6.07) is 5.19. The van der Waals surface area contributed by atoms with Crippen molar-refractivity contribution in [3.05, 3.63) is 41.6 Å². The quantitative estimate of drug-likeness (QED) is 0.507. The van der Waals surface area contributed by atoms with Gasteiger partial charge in [-0.1, -0.05) is 34.3 Å². The molecule has 1 aromatic carbocycles. The number of alkyl halides is 1. The van der Waals surface area contributed by atoms with E-state index in [0.717, 1.165) is 10.5 Å². The molecule has 0 aliphatic carbocycles. The summed E-state index contributed by atoms with van der Waals surface area (Å²) in [5, 5.41) is 4.50. The third-order valence-corrected chi connectivity index (χ3v) is 5.30. The van der Waals surface area contributed by atoms with Gasteiger partial charge in [-0.2, -0.15) is 10.2 Å². The van der Waals surface area contributed by atoms with Crippen LogP contribution in [0.1, 0.15) is 24.3 Å². The van der Waals surface area contributed by atoms with Crippen LogP contribution in [0.3, 0.4) is 0 Å². The highest BCUT2D eigenvalue weighted by molar-refractivity contribution is 6.04. The van der Waals surface area contributed by atoms with Gasteiger partial charge >= 0.3 is 0 Å². The van der Waals surface area contributed by atoms with Gasteiger partial charge in [0.2, 0.25) is 5.91 Å². The number of primary amides is 1. The van der Waals surface area contributed by atoms with Crippen LogP contribution in [0.15, 0.2) is 35.9 Å². The number of nitrogens with two attached hydrogens (primary N) is 1. The molecule has 3 amide bonds. The number of benzene rings is 1. The number of rotatable bonds is 7. The van der Waals surface area contributed by atoms with Gasteiger partial charge in [0, 0.05) is 12.5 Å². The minimum Gasteiger partial charge on any atom is -0.376 e. The van der Waals surface area contributed by atoms with E-state index in [-0.39, 0.29) is 17.4 Å². The van der Waals surface area contributed by atoms with Crippen LogP contribution in [0.25, 0.3) is 10.9 Å². The van der Waals surface area contributed by atoms with Gasteiger partial charge in [0.05, 0.1) is 18.6 Å². The zero-order chi connectivity index (χ0) is 23.6. The topological polar surface area (TPSA) is 111 Å². The predicted octanol–water partition coefficient (Wildman–Crippen LogP) is 1.38. The number of carbonyl (C=O) groups is 3. The Morgan fingerprint density at radius 3 is 2.62 bits per heavy atom. The van der Waals surface area contributed by atoms with E-state index in [9.17, 15) is 23.3 Å². The molecule has 0 unspecified atom stereocenters. The first-order chi connectivity index (χ1) is 15.1. The minimum atomic E-state index is -1.68. The van der Waals surface area contributed by atoms with Gasteiger partial charge in [-0.25, -0.2) is 4.39 Å². The number of hydrogen-bond acceptors (Lipinski definition) is 5. The second-order valence-corrected chi connectivity index (χ2v) is 7.76. The average Bonchev–Trinajstić information content (AvgIpc) is 3.29. The maximum absolute atomic E-state index is 14.6. The van der Waals surface area contributed by atoms with Gasteiger partial charge in [-0.3, -0.25) is 19.1 Å². The molecule has 172 valence electrons. The first kappa shape index (κ1) is 23.3. The molecule has 2 N–H and O–H groups in total. The summed E-state index contributed by atoms with van der Waals surface area (Å²) < 4.78 is 35.4. The molecule has 0 saturated carbocycles. The molecule has 1 fully saturated rings. The van der Waals surface area contributed by atoms with Crippen LogP contribution < -0.4 is 5.73 Å². The van der Waals surface area contributed by atoms with Crippen LogP contribution in [0.5, 0.6) is 0 Å². The van der Waals surface area contributed by atoms with E-state index in [2.05, 4.69) is 5.10 Å². The van der Waals surface area contributed by atoms with Crippen LogP contribution in [-0.2, 0) is 20.9 Å². The van der Waals surface area contributed by atoms with E-state index in [1.807, 2.05) is 0 Å². The number of nitrogens with zero attached hydrogens (tertiary/aromatic N) is 4. The van der Waals surface area contributed by atoms with Gasteiger partial charge < -0.3 is 15.4 Å². The van der Waals surface area contributed by atoms with Crippen LogP contribution in [0.4, 0.5) is 8.87 Å². The molecule has 2 heterocycles. The average molecular weight is 449 g/mol. The van der Waals surface area contributed by atoms with Gasteiger partial charge in [-0.05, 0) is 19.9 Å². The molecule has 32 heavy (non-hydrogen) atoms. The van der Waals surface area contributed by atoms with Crippen molar-refractivity contribution in [2.24, 2.45) is 5.73 Å². The zero-order valence-electron chi connectivity index (χ0n) is 18.0. The molecular formula is C21H25F2N5O4. The fraction of sp³-hybridized carbons (Fsp3) is 0.429. The lowest BCUT2D eigenvalue weighted by Crippen LogP contribution is -2.51. The van der Waals surface area contributed by atoms with E-state index < -0.39 is 49.1 Å². The Kier molecular flexibility index (Phi) is 6.87. The van der Waals surface area contributed by atoms with Gasteiger partial charge in [0.15, 0.2) is 5.69 Å². The molecule has 3 atom stereocenters. The fourth-order valence-electron chi connectivity index (χ4n) is 3.73. The first-order valence-electron chi connectivity index (χ1n) is 9.97. The molecule has 0 bridgehead atoms. The number of para-hydroxylation sites is 1. The Morgan fingerprint density at radius 1 is 1.31 bits per heavy atom. The monoisotopic (exact) mass is 449 g/mol. The highest BCUT2D eigenvalue weighted by atomic mass is 19.2. The number of hydrogen-bond donors (Lipinski definition) is 1. The lowest BCUT2D eigenvalue weighted by Gasteiger charge is -2.27. The molecule has 1 aliphatic rings. The van der Waals surface area contributed by atoms with Gasteiger partial charge in [0.25, 0.3) is 11.8 Å². The lowest BCUT2D eigenvalue weighted by atomic mass is 10.1. The third kappa shape index (κ3) is 4.47. The Bertz CT molecular complexity index is 1070. The van der Waals surface area contributed by atoms with E-state index >= 15 is 0 Å². The number of amides is 3. The van der Waals surface area contributed by atoms with Gasteiger partial charge in [-0.15, -0.1) is 0 Å². The van der Waals surface area contributed by atoms with Crippen molar-refractivity contribution in [1.82, 2.24) is 19.8 Å². The molecule has 11 heteroatoms. The third-order valence-electron chi connectivity index (χ3n) is 5.30. The van der Waals surface area contributed by atoms with E-state index in [1.54, 1.807) is 38.1 Å². The number of halogens is 2. The van der Waals surface area contributed by atoms with Crippen LogP contribution in [0.2, 0.25) is 0 Å². The largest absolute Gasteiger partial charge is 0.376 e.